The lowest BCUT2D eigenvalue weighted by Gasteiger charge is -2.42. The Balaban J connectivity index is 1.30. The summed E-state index contributed by atoms with van der Waals surface area (Å²) in [5.74, 6) is -7.10. The van der Waals surface area contributed by atoms with Crippen molar-refractivity contribution >= 4 is 29.2 Å². The number of aliphatic hydroxyl groups is 1. The molecule has 0 radical (unpaired) electrons. The Morgan fingerprint density at radius 3 is 2.38 bits per heavy atom. The molecule has 1 aromatic rings. The van der Waals surface area contributed by atoms with Crippen molar-refractivity contribution in [3.05, 3.63) is 53.9 Å². The number of hydrogen-bond donors (Lipinski definition) is 1. The second kappa shape index (κ2) is 24.0. The summed E-state index contributed by atoms with van der Waals surface area (Å²) in [6, 6.07) is -1.21. The van der Waals surface area contributed by atoms with Crippen LogP contribution in [0, 0.1) is 29.6 Å². The van der Waals surface area contributed by atoms with Gasteiger partial charge >= 0.3 is 5.97 Å². The number of piperidine rings is 1. The van der Waals surface area contributed by atoms with E-state index in [1.165, 1.54) is 18.3 Å². The molecule has 0 spiro atoms. The summed E-state index contributed by atoms with van der Waals surface area (Å²) >= 11 is 0. The Labute approximate surface area is 401 Å². The van der Waals surface area contributed by atoms with Gasteiger partial charge in [-0.3, -0.25) is 19.2 Å². The predicted molar refractivity (Wildman–Crippen MR) is 249 cm³/mol. The number of methoxy groups -OCH3 is 3. The fourth-order valence-corrected chi connectivity index (χ4v) is 10.9. The zero-order valence-electron chi connectivity index (χ0n) is 41.5. The Morgan fingerprint density at radius 2 is 1.68 bits per heavy atom. The normalized spacial score (nSPS) is 38.8. The number of aromatic nitrogens is 4. The zero-order valence-corrected chi connectivity index (χ0v) is 41.5. The number of allylic oxidation sites excluding steroid dienone is 6. The number of fused-ring (bicyclic) bond motifs is 5. The van der Waals surface area contributed by atoms with Crippen molar-refractivity contribution in [3.8, 4) is 0 Å². The van der Waals surface area contributed by atoms with Gasteiger partial charge in [0, 0.05) is 52.6 Å². The Bertz CT molecular complexity index is 2040. The van der Waals surface area contributed by atoms with Crippen molar-refractivity contribution in [2.45, 2.75) is 179 Å². The first kappa shape index (κ1) is 53.1. The van der Waals surface area contributed by atoms with E-state index >= 15 is 0 Å². The topological polar surface area (TPSA) is 208 Å². The summed E-state index contributed by atoms with van der Waals surface area (Å²) in [7, 11) is 4.73. The van der Waals surface area contributed by atoms with Crippen LogP contribution in [0.4, 0.5) is 0 Å². The molecule has 4 fully saturated rings. The molecule has 17 heteroatoms. The number of Topliss-reactive ketones (excluding diaryl/α,β-unsaturated/α-hetero) is 3. The highest BCUT2D eigenvalue weighted by Crippen LogP contribution is 2.39. The highest BCUT2D eigenvalue weighted by Gasteiger charge is 2.53. The van der Waals surface area contributed by atoms with Gasteiger partial charge in [0.25, 0.3) is 11.7 Å². The van der Waals surface area contributed by atoms with Crippen molar-refractivity contribution in [1.82, 2.24) is 25.1 Å². The highest BCUT2D eigenvalue weighted by molar-refractivity contribution is 6.39. The SMILES string of the molecule is COC1C[C@@H]2CC[C@@H](C)[C@@](O)(O2)C(=O)C(=O)N2CCCC[C@H]2C(=O)O[C@H](C(C)CC2CC[C@H](n3ncnn3)C(OC)C2)CC(=O)C(C)/C=C(\C)[C@H]2OC(CC(C)/C=C/C=C/C=C1C)C(=O)C2OC. The van der Waals surface area contributed by atoms with Crippen molar-refractivity contribution in [3.63, 3.8) is 0 Å². The van der Waals surface area contributed by atoms with E-state index < -0.39 is 77.9 Å². The smallest absolute Gasteiger partial charge is 0.329 e. The van der Waals surface area contributed by atoms with Crippen LogP contribution < -0.4 is 0 Å². The predicted octanol–water partition coefficient (Wildman–Crippen LogP) is 5.82. The molecule has 1 aliphatic carbocycles. The minimum absolute atomic E-state index is 0.0130. The van der Waals surface area contributed by atoms with Crippen LogP contribution in [0.15, 0.2) is 53.9 Å². The van der Waals surface area contributed by atoms with Crippen molar-refractivity contribution in [1.29, 1.82) is 0 Å². The summed E-state index contributed by atoms with van der Waals surface area (Å²) in [4.78, 5) is 73.8. The fraction of sp³-hybridized carbons (Fsp3) is 0.725. The molecule has 3 saturated heterocycles. The fourth-order valence-electron chi connectivity index (χ4n) is 10.9. The van der Waals surface area contributed by atoms with Gasteiger partial charge in [0.2, 0.25) is 5.79 Å². The van der Waals surface area contributed by atoms with Crippen molar-refractivity contribution in [2.75, 3.05) is 27.9 Å². The zero-order chi connectivity index (χ0) is 49.3. The molecule has 0 aromatic carbocycles. The molecule has 1 aromatic heterocycles. The second-order valence-corrected chi connectivity index (χ2v) is 20.0. The van der Waals surface area contributed by atoms with Crippen molar-refractivity contribution < 1.29 is 57.5 Å². The molecule has 376 valence electrons. The monoisotopic (exact) mass is 950 g/mol. The maximum atomic E-state index is 14.5. The van der Waals surface area contributed by atoms with Crippen LogP contribution in [0.5, 0.6) is 0 Å². The summed E-state index contributed by atoms with van der Waals surface area (Å²) < 4.78 is 36.4. The van der Waals surface area contributed by atoms with E-state index in [-0.39, 0.29) is 60.9 Å². The molecule has 4 bridgehead atoms. The molecule has 1 N–H and O–H groups in total. The van der Waals surface area contributed by atoms with Gasteiger partial charge in [0.05, 0.1) is 24.4 Å². The number of tetrazole rings is 1. The number of esters is 1. The third kappa shape index (κ3) is 12.5. The number of ether oxygens (including phenoxy) is 6. The minimum atomic E-state index is -2.42. The van der Waals surface area contributed by atoms with Gasteiger partial charge in [0.15, 0.2) is 12.1 Å². The maximum Gasteiger partial charge on any atom is 0.329 e. The molecule has 15 atom stereocenters. The van der Waals surface area contributed by atoms with Crippen LogP contribution >= 0.6 is 0 Å². The van der Waals surface area contributed by atoms with Crippen LogP contribution in [0.25, 0.3) is 0 Å². The second-order valence-electron chi connectivity index (χ2n) is 20.0. The standard InChI is InChI=1S/C51H75N5O12/c1-30-15-11-10-12-16-31(2)41(63-7)27-37-20-18-35(6)51(62,68-37)48(59)49(60)55-22-14-13-17-39(55)50(61)67-42(33(4)25-36-19-21-38(43(26-36)64-8)56-53-29-52-54-56)28-40(57)32(3)24-34(5)46-47(65-9)45(58)44(23-30)66-46/h10-12,15-16,24,29-30,32-33,35-39,41-44,46-47,62H,13-14,17-23,25-28H2,1-9H3/b12-10+,15-11+,31-16?,34-24+/t30?,32?,33?,35-,36?,37+,38+,39+,41?,42+,43?,44?,46-,47?,51-/m1/s1. The number of amides is 1. The number of rotatable bonds is 7. The van der Waals surface area contributed by atoms with Crippen LogP contribution in [-0.2, 0) is 52.4 Å². The van der Waals surface area contributed by atoms with Crippen LogP contribution in [0.1, 0.15) is 125 Å². The molecule has 5 heterocycles. The van der Waals surface area contributed by atoms with E-state index in [0.29, 0.717) is 56.9 Å². The van der Waals surface area contributed by atoms with Gasteiger partial charge in [0.1, 0.15) is 36.2 Å². The highest BCUT2D eigenvalue weighted by atomic mass is 16.6. The number of carbonyl (C=O) groups excluding carboxylic acids is 5. The summed E-state index contributed by atoms with van der Waals surface area (Å²) in [5.41, 5.74) is 1.57. The number of nitrogens with zero attached hydrogens (tertiary/aromatic N) is 5. The quantitative estimate of drug-likeness (QED) is 0.194. The number of ketones is 3. The number of hydrogen-bond acceptors (Lipinski definition) is 15. The van der Waals surface area contributed by atoms with E-state index in [9.17, 15) is 29.1 Å². The van der Waals surface area contributed by atoms with Crippen molar-refractivity contribution in [2.24, 2.45) is 29.6 Å². The first-order valence-electron chi connectivity index (χ1n) is 24.7. The average molecular weight is 950 g/mol. The Hall–Kier alpha value is -4.26. The van der Waals surface area contributed by atoms with Gasteiger partial charge in [-0.1, -0.05) is 64.2 Å². The molecular formula is C51H75N5O12. The Morgan fingerprint density at radius 1 is 0.897 bits per heavy atom. The molecular weight excluding hydrogens is 875 g/mol. The average Bonchev–Trinajstić information content (AvgIpc) is 3.98. The first-order chi connectivity index (χ1) is 32.5. The lowest BCUT2D eigenvalue weighted by Crippen LogP contribution is -2.61. The van der Waals surface area contributed by atoms with Gasteiger partial charge < -0.3 is 38.4 Å². The molecule has 6 rings (SSSR count). The minimum Gasteiger partial charge on any atom is -0.460 e. The van der Waals surface area contributed by atoms with E-state index in [1.54, 1.807) is 38.9 Å². The molecule has 1 saturated carbocycles. The maximum absolute atomic E-state index is 14.5. The third-order valence-corrected chi connectivity index (χ3v) is 15.1. The summed E-state index contributed by atoms with van der Waals surface area (Å²) in [6.07, 6.45) is 14.3. The van der Waals surface area contributed by atoms with E-state index in [2.05, 4.69) is 15.4 Å². The molecule has 5 aliphatic rings. The Kier molecular flexibility index (Phi) is 18.8. The lowest BCUT2D eigenvalue weighted by molar-refractivity contribution is -0.265. The van der Waals surface area contributed by atoms with E-state index in [4.69, 9.17) is 28.4 Å². The van der Waals surface area contributed by atoms with Gasteiger partial charge in [-0.05, 0) is 112 Å². The number of cyclic esters (lactones) is 1. The lowest BCUT2D eigenvalue weighted by atomic mass is 9.77. The summed E-state index contributed by atoms with van der Waals surface area (Å²) in [5, 5.41) is 24.2. The van der Waals surface area contributed by atoms with Crippen LogP contribution in [0.3, 0.4) is 0 Å². The molecule has 1 amide bonds. The largest absolute Gasteiger partial charge is 0.460 e. The number of carbonyl (C=O) groups is 5. The molecule has 4 aliphatic heterocycles. The van der Waals surface area contributed by atoms with Crippen LogP contribution in [-0.4, -0.2) is 142 Å². The molecule has 8 unspecified atom stereocenters. The van der Waals surface area contributed by atoms with Gasteiger partial charge in [-0.25, -0.2) is 4.79 Å². The molecule has 68 heavy (non-hydrogen) atoms. The third-order valence-electron chi connectivity index (χ3n) is 15.1. The van der Waals surface area contributed by atoms with E-state index in [1.807, 2.05) is 58.1 Å². The van der Waals surface area contributed by atoms with Gasteiger partial charge in [-0.2, -0.15) is 4.80 Å². The van der Waals surface area contributed by atoms with Crippen LogP contribution in [0.2, 0.25) is 0 Å². The summed E-state index contributed by atoms with van der Waals surface area (Å²) in [6.45, 7) is 11.3. The van der Waals surface area contributed by atoms with E-state index in [0.717, 1.165) is 18.4 Å². The first-order valence-corrected chi connectivity index (χ1v) is 24.7. The van der Waals surface area contributed by atoms with Gasteiger partial charge in [-0.15, -0.1) is 10.2 Å². The molecule has 17 nitrogen and oxygen atoms in total.